The van der Waals surface area contributed by atoms with Gasteiger partial charge in [-0.1, -0.05) is 47.5 Å². The van der Waals surface area contributed by atoms with Crippen LogP contribution >= 0.6 is 23.2 Å². The fourth-order valence-electron chi connectivity index (χ4n) is 1.89. The molecule has 0 fully saturated rings. The molecule has 1 amide bonds. The number of hydrogen-bond donors (Lipinski definition) is 1. The number of carbonyl (C=O) groups excluding carboxylic acids is 1. The molecule has 3 nitrogen and oxygen atoms in total. The molecule has 5 heteroatoms. The zero-order valence-electron chi connectivity index (χ0n) is 12.0. The molecule has 1 N–H and O–H groups in total. The van der Waals surface area contributed by atoms with E-state index in [4.69, 9.17) is 27.9 Å². The second-order valence-electron chi connectivity index (χ2n) is 4.53. The maximum Gasteiger partial charge on any atom is 0.244 e. The van der Waals surface area contributed by atoms with Crippen LogP contribution < -0.4 is 10.1 Å². The molecular weight excluding hydrogens is 321 g/mol. The summed E-state index contributed by atoms with van der Waals surface area (Å²) in [5.41, 5.74) is 1.65. The Morgan fingerprint density at radius 2 is 2.00 bits per heavy atom. The van der Waals surface area contributed by atoms with E-state index in [2.05, 4.69) is 5.32 Å². The Bertz CT molecular complexity index is 699. The lowest BCUT2D eigenvalue weighted by Crippen LogP contribution is -2.20. The third-order valence-electron chi connectivity index (χ3n) is 3.02. The smallest absolute Gasteiger partial charge is 0.244 e. The van der Waals surface area contributed by atoms with Crippen molar-refractivity contribution in [1.29, 1.82) is 0 Å². The molecule has 0 saturated carbocycles. The van der Waals surface area contributed by atoms with Gasteiger partial charge in [-0.05, 0) is 29.8 Å². The maximum absolute atomic E-state index is 11.9. The highest BCUT2D eigenvalue weighted by molar-refractivity contribution is 6.35. The largest absolute Gasteiger partial charge is 0.496 e. The summed E-state index contributed by atoms with van der Waals surface area (Å²) in [6.45, 7) is 0.390. The minimum absolute atomic E-state index is 0.211. The number of benzene rings is 2. The van der Waals surface area contributed by atoms with Crippen LogP contribution in [-0.2, 0) is 11.3 Å². The maximum atomic E-state index is 11.9. The molecule has 0 aromatic heterocycles. The van der Waals surface area contributed by atoms with E-state index in [1.165, 1.54) is 6.08 Å². The lowest BCUT2D eigenvalue weighted by molar-refractivity contribution is -0.116. The number of para-hydroxylation sites is 1. The molecule has 0 radical (unpaired) electrons. The van der Waals surface area contributed by atoms with Gasteiger partial charge < -0.3 is 10.1 Å². The number of ether oxygens (including phenoxy) is 1. The van der Waals surface area contributed by atoms with Crippen LogP contribution in [-0.4, -0.2) is 13.0 Å². The van der Waals surface area contributed by atoms with E-state index in [9.17, 15) is 4.79 Å². The van der Waals surface area contributed by atoms with Crippen molar-refractivity contribution in [2.24, 2.45) is 0 Å². The highest BCUT2D eigenvalue weighted by Gasteiger charge is 2.03. The van der Waals surface area contributed by atoms with Gasteiger partial charge in [0.2, 0.25) is 5.91 Å². The number of carbonyl (C=O) groups is 1. The van der Waals surface area contributed by atoms with Crippen LogP contribution in [0, 0.1) is 0 Å². The standard InChI is InChI=1S/C17H15Cl2NO2/c1-22-16-5-3-2-4-13(16)11-20-17(21)9-7-12-6-8-14(18)10-15(12)19/h2-10H,11H2,1H3,(H,20,21). The molecule has 0 aliphatic heterocycles. The lowest BCUT2D eigenvalue weighted by Gasteiger charge is -2.08. The second-order valence-corrected chi connectivity index (χ2v) is 5.37. The number of amides is 1. The minimum atomic E-state index is -0.211. The van der Waals surface area contributed by atoms with Gasteiger partial charge in [0.1, 0.15) is 5.75 Å². The number of methoxy groups -OCH3 is 1. The first kappa shape index (κ1) is 16.4. The Kier molecular flexibility index (Phi) is 5.87. The molecular formula is C17H15Cl2NO2. The summed E-state index contributed by atoms with van der Waals surface area (Å²) in [7, 11) is 1.60. The average molecular weight is 336 g/mol. The van der Waals surface area contributed by atoms with Crippen LogP contribution in [0.5, 0.6) is 5.75 Å². The Hall–Kier alpha value is -1.97. The first-order valence-electron chi connectivity index (χ1n) is 6.63. The molecule has 2 aromatic rings. The molecule has 2 aromatic carbocycles. The third kappa shape index (κ3) is 4.52. The normalized spacial score (nSPS) is 10.7. The third-order valence-corrected chi connectivity index (χ3v) is 3.58. The van der Waals surface area contributed by atoms with Crippen LogP contribution in [0.15, 0.2) is 48.5 Å². The predicted molar refractivity (Wildman–Crippen MR) is 90.3 cm³/mol. The van der Waals surface area contributed by atoms with Gasteiger partial charge in [-0.2, -0.15) is 0 Å². The Morgan fingerprint density at radius 1 is 1.23 bits per heavy atom. The average Bonchev–Trinajstić information content (AvgIpc) is 2.52. The van der Waals surface area contributed by atoms with Crippen molar-refractivity contribution in [1.82, 2.24) is 5.32 Å². The molecule has 0 aliphatic carbocycles. The highest BCUT2D eigenvalue weighted by Crippen LogP contribution is 2.22. The van der Waals surface area contributed by atoms with E-state index in [0.717, 1.165) is 16.9 Å². The molecule has 0 bridgehead atoms. The van der Waals surface area contributed by atoms with Gasteiger partial charge in [0.25, 0.3) is 0 Å². The first-order valence-corrected chi connectivity index (χ1v) is 7.38. The molecule has 0 aliphatic rings. The van der Waals surface area contributed by atoms with Crippen molar-refractivity contribution >= 4 is 35.2 Å². The topological polar surface area (TPSA) is 38.3 Å². The highest BCUT2D eigenvalue weighted by atomic mass is 35.5. The van der Waals surface area contributed by atoms with E-state index in [1.54, 1.807) is 31.4 Å². The van der Waals surface area contributed by atoms with Gasteiger partial charge in [-0.25, -0.2) is 0 Å². The summed E-state index contributed by atoms with van der Waals surface area (Å²) in [5, 5.41) is 3.86. The van der Waals surface area contributed by atoms with Crippen molar-refractivity contribution in [2.45, 2.75) is 6.54 Å². The van der Waals surface area contributed by atoms with Crippen LogP contribution in [0.2, 0.25) is 10.0 Å². The van der Waals surface area contributed by atoms with E-state index in [1.807, 2.05) is 24.3 Å². The summed E-state index contributed by atoms with van der Waals surface area (Å²) in [4.78, 5) is 11.9. The second kappa shape index (κ2) is 7.87. The Balaban J connectivity index is 1.97. The van der Waals surface area contributed by atoms with Gasteiger partial charge in [-0.15, -0.1) is 0 Å². The zero-order chi connectivity index (χ0) is 15.9. The van der Waals surface area contributed by atoms with E-state index in [-0.39, 0.29) is 5.91 Å². The van der Waals surface area contributed by atoms with Gasteiger partial charge in [0, 0.05) is 28.2 Å². The van der Waals surface area contributed by atoms with Crippen molar-refractivity contribution in [2.75, 3.05) is 7.11 Å². The summed E-state index contributed by atoms with van der Waals surface area (Å²) in [6.07, 6.45) is 3.08. The van der Waals surface area contributed by atoms with Crippen LogP contribution in [0.3, 0.4) is 0 Å². The number of rotatable bonds is 5. The summed E-state index contributed by atoms with van der Waals surface area (Å²) in [5.74, 6) is 0.532. The molecule has 22 heavy (non-hydrogen) atoms. The molecule has 0 spiro atoms. The van der Waals surface area contributed by atoms with Crippen LogP contribution in [0.1, 0.15) is 11.1 Å². The van der Waals surface area contributed by atoms with Crippen LogP contribution in [0.4, 0.5) is 0 Å². The summed E-state index contributed by atoms with van der Waals surface area (Å²) >= 11 is 11.9. The van der Waals surface area contributed by atoms with Crippen molar-refractivity contribution in [3.8, 4) is 5.75 Å². The zero-order valence-corrected chi connectivity index (χ0v) is 13.5. The van der Waals surface area contributed by atoms with Crippen molar-refractivity contribution in [3.63, 3.8) is 0 Å². The number of halogens is 2. The molecule has 0 heterocycles. The fourth-order valence-corrected chi connectivity index (χ4v) is 2.36. The molecule has 114 valence electrons. The van der Waals surface area contributed by atoms with E-state index < -0.39 is 0 Å². The van der Waals surface area contributed by atoms with E-state index >= 15 is 0 Å². The van der Waals surface area contributed by atoms with Crippen molar-refractivity contribution < 1.29 is 9.53 Å². The van der Waals surface area contributed by atoms with Gasteiger partial charge in [0.15, 0.2) is 0 Å². The summed E-state index contributed by atoms with van der Waals surface area (Å²) in [6, 6.07) is 12.6. The fraction of sp³-hybridized carbons (Fsp3) is 0.118. The quantitative estimate of drug-likeness (QED) is 0.826. The van der Waals surface area contributed by atoms with Gasteiger partial charge >= 0.3 is 0 Å². The summed E-state index contributed by atoms with van der Waals surface area (Å²) < 4.78 is 5.23. The van der Waals surface area contributed by atoms with Gasteiger partial charge in [-0.3, -0.25) is 4.79 Å². The Labute approximate surface area is 139 Å². The number of nitrogens with one attached hydrogen (secondary N) is 1. The molecule has 0 saturated heterocycles. The first-order chi connectivity index (χ1) is 10.6. The Morgan fingerprint density at radius 3 is 2.73 bits per heavy atom. The molecule has 2 rings (SSSR count). The molecule has 0 unspecified atom stereocenters. The van der Waals surface area contributed by atoms with Gasteiger partial charge in [0.05, 0.1) is 7.11 Å². The predicted octanol–water partition coefficient (Wildman–Crippen LogP) is 4.33. The van der Waals surface area contributed by atoms with Crippen molar-refractivity contribution in [3.05, 3.63) is 69.7 Å². The van der Waals surface area contributed by atoms with Crippen LogP contribution in [0.25, 0.3) is 6.08 Å². The van der Waals surface area contributed by atoms with E-state index in [0.29, 0.717) is 16.6 Å². The lowest BCUT2D eigenvalue weighted by atomic mass is 10.2. The molecule has 0 atom stereocenters. The number of hydrogen-bond acceptors (Lipinski definition) is 2. The SMILES string of the molecule is COc1ccccc1CNC(=O)C=Cc1ccc(Cl)cc1Cl. The monoisotopic (exact) mass is 335 g/mol. The minimum Gasteiger partial charge on any atom is -0.496 e.